The summed E-state index contributed by atoms with van der Waals surface area (Å²) in [7, 11) is 3.85. The summed E-state index contributed by atoms with van der Waals surface area (Å²) in [5.74, 6) is 0.434. The average molecular weight is 410 g/mol. The zero-order valence-electron chi connectivity index (χ0n) is 16.1. The number of fused-ring (bicyclic) bond motifs is 1. The molecule has 4 aromatic rings. The van der Waals surface area contributed by atoms with Crippen LogP contribution in [0, 0.1) is 11.3 Å². The third kappa shape index (κ3) is 3.43. The van der Waals surface area contributed by atoms with Crippen molar-refractivity contribution in [3.63, 3.8) is 0 Å². The maximum Gasteiger partial charge on any atom is 0.416 e. The number of rotatable bonds is 4. The van der Waals surface area contributed by atoms with Crippen LogP contribution in [0.25, 0.3) is 16.9 Å². The Morgan fingerprint density at radius 1 is 1.13 bits per heavy atom. The number of anilines is 3. The number of H-pyrrole nitrogens is 1. The zero-order chi connectivity index (χ0) is 21.5. The average Bonchev–Trinajstić information content (AvgIpc) is 3.27. The van der Waals surface area contributed by atoms with Crippen molar-refractivity contribution in [2.75, 3.05) is 24.3 Å². The Morgan fingerprint density at radius 2 is 1.87 bits per heavy atom. The molecule has 6 nitrogen and oxygen atoms in total. The Labute approximate surface area is 170 Å². The first-order valence-electron chi connectivity index (χ1n) is 9.00. The molecule has 152 valence electrons. The summed E-state index contributed by atoms with van der Waals surface area (Å²) >= 11 is 0. The van der Waals surface area contributed by atoms with Gasteiger partial charge < -0.3 is 10.2 Å². The molecule has 2 heterocycles. The van der Waals surface area contributed by atoms with Crippen LogP contribution in [0.15, 0.2) is 54.7 Å². The van der Waals surface area contributed by atoms with Crippen LogP contribution in [0.3, 0.4) is 0 Å². The van der Waals surface area contributed by atoms with Crippen molar-refractivity contribution in [3.05, 3.63) is 65.9 Å². The summed E-state index contributed by atoms with van der Waals surface area (Å²) < 4.78 is 40.9. The fourth-order valence-corrected chi connectivity index (χ4v) is 3.15. The highest BCUT2D eigenvalue weighted by Gasteiger charge is 2.30. The minimum Gasteiger partial charge on any atom is -0.378 e. The minimum absolute atomic E-state index is 0.255. The van der Waals surface area contributed by atoms with E-state index in [-0.39, 0.29) is 5.69 Å². The molecule has 30 heavy (non-hydrogen) atoms. The van der Waals surface area contributed by atoms with Crippen LogP contribution in [0.4, 0.5) is 30.4 Å². The highest BCUT2D eigenvalue weighted by atomic mass is 19.4. The third-order valence-electron chi connectivity index (χ3n) is 4.69. The van der Waals surface area contributed by atoms with Gasteiger partial charge in [0, 0.05) is 37.2 Å². The van der Waals surface area contributed by atoms with Crippen molar-refractivity contribution in [2.24, 2.45) is 0 Å². The molecule has 0 amide bonds. The first-order chi connectivity index (χ1) is 14.3. The number of halogens is 3. The highest BCUT2D eigenvalue weighted by molar-refractivity contribution is 5.81. The molecule has 9 heteroatoms. The molecule has 0 atom stereocenters. The van der Waals surface area contributed by atoms with Gasteiger partial charge in [-0.2, -0.15) is 18.4 Å². The monoisotopic (exact) mass is 410 g/mol. The summed E-state index contributed by atoms with van der Waals surface area (Å²) in [6.07, 6.45) is -2.95. The molecule has 2 N–H and O–H groups in total. The first kappa shape index (κ1) is 19.4. The van der Waals surface area contributed by atoms with E-state index >= 15 is 0 Å². The van der Waals surface area contributed by atoms with Crippen molar-refractivity contribution in [1.29, 1.82) is 5.26 Å². The van der Waals surface area contributed by atoms with E-state index in [4.69, 9.17) is 0 Å². The maximum absolute atomic E-state index is 13.1. The Morgan fingerprint density at radius 3 is 2.50 bits per heavy atom. The van der Waals surface area contributed by atoms with Crippen LogP contribution in [-0.2, 0) is 6.18 Å². The summed E-state index contributed by atoms with van der Waals surface area (Å²) in [5.41, 5.74) is 2.49. The maximum atomic E-state index is 13.1. The van der Waals surface area contributed by atoms with Crippen molar-refractivity contribution in [3.8, 4) is 17.3 Å². The molecular weight excluding hydrogens is 393 g/mol. The fourth-order valence-electron chi connectivity index (χ4n) is 3.15. The van der Waals surface area contributed by atoms with Crippen LogP contribution < -0.4 is 10.2 Å². The zero-order valence-corrected chi connectivity index (χ0v) is 16.1. The summed E-state index contributed by atoms with van der Waals surface area (Å²) in [5, 5.41) is 15.3. The van der Waals surface area contributed by atoms with Gasteiger partial charge in [0.1, 0.15) is 17.3 Å². The summed E-state index contributed by atoms with van der Waals surface area (Å²) in [4.78, 5) is 6.52. The SMILES string of the molecule is CN(C)c1ccc(-c2nc3c(C#N)c[nH]n3c2Nc2cccc(C(F)(F)F)c2)cc1. The summed E-state index contributed by atoms with van der Waals surface area (Å²) in [6.45, 7) is 0. The number of aromatic nitrogens is 3. The lowest BCUT2D eigenvalue weighted by Crippen LogP contribution is -2.08. The number of alkyl halides is 3. The molecule has 0 unspecified atom stereocenters. The van der Waals surface area contributed by atoms with Gasteiger partial charge in [0.05, 0.1) is 5.56 Å². The molecular formula is C21H17F3N6. The fraction of sp³-hybridized carbons (Fsp3) is 0.143. The smallest absolute Gasteiger partial charge is 0.378 e. The van der Waals surface area contributed by atoms with Crippen LogP contribution in [0.2, 0.25) is 0 Å². The van der Waals surface area contributed by atoms with Crippen molar-refractivity contribution >= 4 is 22.8 Å². The van der Waals surface area contributed by atoms with Gasteiger partial charge >= 0.3 is 6.18 Å². The Kier molecular flexibility index (Phi) is 4.62. The van der Waals surface area contributed by atoms with E-state index in [1.165, 1.54) is 12.3 Å². The topological polar surface area (TPSA) is 72.2 Å². The van der Waals surface area contributed by atoms with Gasteiger partial charge in [-0.25, -0.2) is 9.50 Å². The molecule has 0 aliphatic heterocycles. The second-order valence-corrected chi connectivity index (χ2v) is 6.91. The molecule has 0 aliphatic rings. The van der Waals surface area contributed by atoms with E-state index < -0.39 is 11.7 Å². The van der Waals surface area contributed by atoms with Gasteiger partial charge in [-0.05, 0) is 30.3 Å². The second-order valence-electron chi connectivity index (χ2n) is 6.91. The number of nitrogens with one attached hydrogen (secondary N) is 2. The molecule has 2 aromatic heterocycles. The van der Waals surface area contributed by atoms with Gasteiger partial charge in [-0.1, -0.05) is 18.2 Å². The Bertz CT molecular complexity index is 1240. The molecule has 0 saturated carbocycles. The number of nitrogens with zero attached hydrogens (tertiary/aromatic N) is 4. The quantitative estimate of drug-likeness (QED) is 0.495. The number of benzene rings is 2. The van der Waals surface area contributed by atoms with Gasteiger partial charge in [-0.15, -0.1) is 0 Å². The van der Waals surface area contributed by atoms with E-state index in [0.29, 0.717) is 22.7 Å². The molecule has 0 spiro atoms. The van der Waals surface area contributed by atoms with Crippen LogP contribution in [-0.4, -0.2) is 28.7 Å². The predicted molar refractivity (Wildman–Crippen MR) is 109 cm³/mol. The minimum atomic E-state index is -4.45. The standard InChI is InChI=1S/C21H17F3N6/c1-29(2)17-8-6-13(7-9-17)18-20(30-19(28-18)14(11-25)12-26-30)27-16-5-3-4-15(10-16)21(22,23)24/h3-10,12,26-27H,1-2H3. The van der Waals surface area contributed by atoms with Crippen molar-refractivity contribution in [1.82, 2.24) is 14.6 Å². The van der Waals surface area contributed by atoms with Gasteiger partial charge in [0.2, 0.25) is 0 Å². The molecule has 0 radical (unpaired) electrons. The summed E-state index contributed by atoms with van der Waals surface area (Å²) in [6, 6.07) is 14.6. The number of hydrogen-bond acceptors (Lipinski definition) is 4. The van der Waals surface area contributed by atoms with Crippen LogP contribution in [0.1, 0.15) is 11.1 Å². The van der Waals surface area contributed by atoms with E-state index in [1.807, 2.05) is 43.3 Å². The molecule has 4 rings (SSSR count). The van der Waals surface area contributed by atoms with Crippen LogP contribution >= 0.6 is 0 Å². The van der Waals surface area contributed by atoms with Crippen LogP contribution in [0.5, 0.6) is 0 Å². The Balaban J connectivity index is 1.83. The molecule has 2 aromatic carbocycles. The van der Waals surface area contributed by atoms with E-state index in [0.717, 1.165) is 23.4 Å². The predicted octanol–water partition coefficient (Wildman–Crippen LogP) is 5.03. The second kappa shape index (κ2) is 7.15. The number of nitriles is 1. The largest absolute Gasteiger partial charge is 0.416 e. The van der Waals surface area contributed by atoms with Crippen molar-refractivity contribution in [2.45, 2.75) is 6.18 Å². The van der Waals surface area contributed by atoms with E-state index in [2.05, 4.69) is 21.5 Å². The Hall–Kier alpha value is -3.93. The van der Waals surface area contributed by atoms with Crippen molar-refractivity contribution < 1.29 is 13.2 Å². The van der Waals surface area contributed by atoms with Gasteiger partial charge in [0.15, 0.2) is 11.5 Å². The normalized spacial score (nSPS) is 11.5. The molecule has 0 saturated heterocycles. The van der Waals surface area contributed by atoms with E-state index in [9.17, 15) is 18.4 Å². The number of hydrogen-bond donors (Lipinski definition) is 2. The number of aromatic amines is 1. The first-order valence-corrected chi connectivity index (χ1v) is 9.00. The van der Waals surface area contributed by atoms with Gasteiger partial charge in [-0.3, -0.25) is 5.10 Å². The lowest BCUT2D eigenvalue weighted by atomic mass is 10.1. The lowest BCUT2D eigenvalue weighted by Gasteiger charge is -2.13. The van der Waals surface area contributed by atoms with E-state index in [1.54, 1.807) is 10.6 Å². The van der Waals surface area contributed by atoms with Gasteiger partial charge in [0.25, 0.3) is 0 Å². The highest BCUT2D eigenvalue weighted by Crippen LogP contribution is 2.35. The molecule has 0 fully saturated rings. The molecule has 0 aliphatic carbocycles. The lowest BCUT2D eigenvalue weighted by molar-refractivity contribution is -0.137. The third-order valence-corrected chi connectivity index (χ3v) is 4.69. The molecule has 0 bridgehead atoms. The number of imidazole rings is 1.